The van der Waals surface area contributed by atoms with Crippen LogP contribution in [0, 0.1) is 0 Å². The third kappa shape index (κ3) is 3.63. The van der Waals surface area contributed by atoms with Gasteiger partial charge in [-0.25, -0.2) is 0 Å². The van der Waals surface area contributed by atoms with Crippen molar-refractivity contribution in [1.29, 1.82) is 0 Å². The van der Waals surface area contributed by atoms with Crippen molar-refractivity contribution in [1.82, 2.24) is 5.32 Å². The minimum Gasteiger partial charge on any atom is -0.366 e. The summed E-state index contributed by atoms with van der Waals surface area (Å²) in [4.78, 5) is 22.5. The topological polar surface area (TPSA) is 84.2 Å². The smallest absolute Gasteiger partial charge is 0.251 e. The highest BCUT2D eigenvalue weighted by Crippen LogP contribution is 2.22. The highest BCUT2D eigenvalue weighted by Gasteiger charge is 2.11. The van der Waals surface area contributed by atoms with Crippen LogP contribution in [0.2, 0.25) is 0 Å². The van der Waals surface area contributed by atoms with Gasteiger partial charge in [0.2, 0.25) is 5.91 Å². The number of hydrogen-bond acceptors (Lipinski definition) is 4. The van der Waals surface area contributed by atoms with Crippen LogP contribution in [0.25, 0.3) is 0 Å². The number of hydrogen-bond donors (Lipinski definition) is 3. The van der Waals surface area contributed by atoms with E-state index in [9.17, 15) is 9.59 Å². The fourth-order valence-corrected chi connectivity index (χ4v) is 1.98. The molecule has 0 aliphatic heterocycles. The third-order valence-corrected chi connectivity index (χ3v) is 2.79. The summed E-state index contributed by atoms with van der Waals surface area (Å²) < 4.78 is 0. The molecule has 0 atom stereocenters. The van der Waals surface area contributed by atoms with Gasteiger partial charge < -0.3 is 16.4 Å². The minimum absolute atomic E-state index is 0.120. The first kappa shape index (κ1) is 12.7. The summed E-state index contributed by atoms with van der Waals surface area (Å²) in [5.74, 6) is -0.644. The van der Waals surface area contributed by atoms with E-state index in [1.54, 1.807) is 11.4 Å². The normalized spacial score (nSPS) is 10.1. The molecule has 0 unspecified atom stereocenters. The molecule has 1 rings (SSSR count). The van der Waals surface area contributed by atoms with Crippen LogP contribution in [0.15, 0.2) is 11.4 Å². The lowest BCUT2D eigenvalue weighted by molar-refractivity contribution is -0.116. The second kappa shape index (κ2) is 6.24. The zero-order valence-electron chi connectivity index (χ0n) is 9.08. The number of thiophene rings is 1. The predicted octanol–water partition coefficient (Wildman–Crippen LogP) is 0.785. The molecule has 4 N–H and O–H groups in total. The van der Waals surface area contributed by atoms with Gasteiger partial charge in [0.1, 0.15) is 5.00 Å². The predicted molar refractivity (Wildman–Crippen MR) is 64.6 cm³/mol. The fraction of sp³-hybridized carbons (Fsp3) is 0.400. The maximum Gasteiger partial charge on any atom is 0.251 e. The number of carbonyl (C=O) groups excluding carboxylic acids is 2. The van der Waals surface area contributed by atoms with E-state index < -0.39 is 5.91 Å². The molecule has 0 saturated heterocycles. The lowest BCUT2D eigenvalue weighted by Gasteiger charge is -2.04. The summed E-state index contributed by atoms with van der Waals surface area (Å²) in [5.41, 5.74) is 5.52. The number of nitrogens with two attached hydrogens (primary N) is 1. The minimum atomic E-state index is -0.525. The molecule has 0 bridgehead atoms. The molecule has 0 fully saturated rings. The van der Waals surface area contributed by atoms with Crippen molar-refractivity contribution in [3.63, 3.8) is 0 Å². The molecule has 2 amide bonds. The Balaban J connectivity index is 2.49. The summed E-state index contributed by atoms with van der Waals surface area (Å²) in [6.45, 7) is 3.43. The van der Waals surface area contributed by atoms with Gasteiger partial charge in [-0.15, -0.1) is 11.3 Å². The van der Waals surface area contributed by atoms with E-state index in [4.69, 9.17) is 5.73 Å². The molecule has 0 aliphatic rings. The van der Waals surface area contributed by atoms with E-state index in [0.717, 1.165) is 6.54 Å². The highest BCUT2D eigenvalue weighted by molar-refractivity contribution is 7.14. The Labute approximate surface area is 98.0 Å². The molecule has 0 saturated carbocycles. The van der Waals surface area contributed by atoms with Gasteiger partial charge in [0, 0.05) is 13.0 Å². The van der Waals surface area contributed by atoms with Crippen LogP contribution in [0.1, 0.15) is 23.7 Å². The Morgan fingerprint density at radius 2 is 2.25 bits per heavy atom. The van der Waals surface area contributed by atoms with Gasteiger partial charge >= 0.3 is 0 Å². The largest absolute Gasteiger partial charge is 0.366 e. The molecule has 1 aromatic heterocycles. The SMILES string of the molecule is CCNCCC(=O)Nc1sccc1C(N)=O. The van der Waals surface area contributed by atoms with E-state index in [2.05, 4.69) is 10.6 Å². The Morgan fingerprint density at radius 3 is 2.88 bits per heavy atom. The Kier molecular flexibility index (Phi) is 4.94. The van der Waals surface area contributed by atoms with Crippen LogP contribution in [-0.4, -0.2) is 24.9 Å². The molecule has 1 aromatic rings. The van der Waals surface area contributed by atoms with Crippen LogP contribution >= 0.6 is 11.3 Å². The number of carbonyl (C=O) groups is 2. The Morgan fingerprint density at radius 1 is 1.50 bits per heavy atom. The van der Waals surface area contributed by atoms with E-state index in [1.807, 2.05) is 6.92 Å². The number of amides is 2. The summed E-state index contributed by atoms with van der Waals surface area (Å²) in [7, 11) is 0. The fourth-order valence-electron chi connectivity index (χ4n) is 1.17. The maximum absolute atomic E-state index is 11.5. The van der Waals surface area contributed by atoms with Gasteiger partial charge in [0.25, 0.3) is 5.91 Å². The number of anilines is 1. The molecular formula is C10H15N3O2S. The first-order chi connectivity index (χ1) is 7.65. The first-order valence-corrected chi connectivity index (χ1v) is 5.91. The van der Waals surface area contributed by atoms with Crippen molar-refractivity contribution in [3.8, 4) is 0 Å². The van der Waals surface area contributed by atoms with Gasteiger partial charge in [0.15, 0.2) is 0 Å². The highest BCUT2D eigenvalue weighted by atomic mass is 32.1. The van der Waals surface area contributed by atoms with Crippen molar-refractivity contribution < 1.29 is 9.59 Å². The molecule has 88 valence electrons. The summed E-state index contributed by atoms with van der Waals surface area (Å²) in [6.07, 6.45) is 0.379. The average molecular weight is 241 g/mol. The molecule has 6 heteroatoms. The first-order valence-electron chi connectivity index (χ1n) is 5.03. The van der Waals surface area contributed by atoms with Gasteiger partial charge in [-0.1, -0.05) is 6.92 Å². The van der Waals surface area contributed by atoms with Crippen molar-refractivity contribution in [2.24, 2.45) is 5.73 Å². The van der Waals surface area contributed by atoms with E-state index in [0.29, 0.717) is 23.5 Å². The maximum atomic E-state index is 11.5. The molecule has 16 heavy (non-hydrogen) atoms. The van der Waals surface area contributed by atoms with Gasteiger partial charge in [-0.2, -0.15) is 0 Å². The van der Waals surface area contributed by atoms with E-state index in [1.165, 1.54) is 11.3 Å². The van der Waals surface area contributed by atoms with E-state index >= 15 is 0 Å². The van der Waals surface area contributed by atoms with Crippen LogP contribution < -0.4 is 16.4 Å². The molecule has 0 aliphatic carbocycles. The lowest BCUT2D eigenvalue weighted by Crippen LogP contribution is -2.22. The van der Waals surface area contributed by atoms with Crippen LogP contribution in [0.4, 0.5) is 5.00 Å². The quantitative estimate of drug-likeness (QED) is 0.644. The number of primary amides is 1. The summed E-state index contributed by atoms with van der Waals surface area (Å²) >= 11 is 1.29. The number of nitrogens with one attached hydrogen (secondary N) is 2. The lowest BCUT2D eigenvalue weighted by atomic mass is 10.3. The van der Waals surface area contributed by atoms with E-state index in [-0.39, 0.29) is 5.91 Å². The second-order valence-electron chi connectivity index (χ2n) is 3.18. The molecule has 1 heterocycles. The molecular weight excluding hydrogens is 226 g/mol. The van der Waals surface area contributed by atoms with Crippen molar-refractivity contribution in [2.45, 2.75) is 13.3 Å². The van der Waals surface area contributed by atoms with Crippen LogP contribution in [0.3, 0.4) is 0 Å². The molecule has 0 radical (unpaired) electrons. The molecule has 0 aromatic carbocycles. The summed E-state index contributed by atoms with van der Waals surface area (Å²) in [5, 5.41) is 7.96. The van der Waals surface area contributed by atoms with Crippen molar-refractivity contribution >= 4 is 28.2 Å². The number of rotatable bonds is 6. The van der Waals surface area contributed by atoms with Crippen LogP contribution in [0.5, 0.6) is 0 Å². The standard InChI is InChI=1S/C10H15N3O2S/c1-2-12-5-3-8(14)13-10-7(9(11)15)4-6-16-10/h4,6,12H,2-3,5H2,1H3,(H2,11,15)(H,13,14). The van der Waals surface area contributed by atoms with Crippen molar-refractivity contribution in [3.05, 3.63) is 17.0 Å². The Bertz CT molecular complexity index is 376. The van der Waals surface area contributed by atoms with Crippen LogP contribution in [-0.2, 0) is 4.79 Å². The Hall–Kier alpha value is -1.40. The molecule has 0 spiro atoms. The molecule has 5 nitrogen and oxygen atoms in total. The van der Waals surface area contributed by atoms with Crippen molar-refractivity contribution in [2.75, 3.05) is 18.4 Å². The second-order valence-corrected chi connectivity index (χ2v) is 4.10. The monoisotopic (exact) mass is 241 g/mol. The zero-order chi connectivity index (χ0) is 12.0. The van der Waals surface area contributed by atoms with Gasteiger partial charge in [0.05, 0.1) is 5.56 Å². The van der Waals surface area contributed by atoms with Gasteiger partial charge in [-0.05, 0) is 18.0 Å². The van der Waals surface area contributed by atoms with Gasteiger partial charge in [-0.3, -0.25) is 9.59 Å². The third-order valence-electron chi connectivity index (χ3n) is 1.96. The zero-order valence-corrected chi connectivity index (χ0v) is 9.89. The summed E-state index contributed by atoms with van der Waals surface area (Å²) in [6, 6.07) is 1.60. The average Bonchev–Trinajstić information content (AvgIpc) is 2.66.